The van der Waals surface area contributed by atoms with Crippen molar-refractivity contribution in [2.45, 2.75) is 56.7 Å². The van der Waals surface area contributed by atoms with E-state index in [1.54, 1.807) is 4.90 Å². The van der Waals surface area contributed by atoms with E-state index in [0.717, 1.165) is 4.68 Å². The summed E-state index contributed by atoms with van der Waals surface area (Å²) in [6.07, 6.45) is 1.15. The maximum Gasteiger partial charge on any atom is 0.407 e. The van der Waals surface area contributed by atoms with Gasteiger partial charge in [-0.15, -0.1) is 0 Å². The van der Waals surface area contributed by atoms with E-state index in [1.807, 2.05) is 0 Å². The van der Waals surface area contributed by atoms with Gasteiger partial charge in [-0.1, -0.05) is 11.6 Å². The highest BCUT2D eigenvalue weighted by Gasteiger charge is 2.37. The van der Waals surface area contributed by atoms with Crippen LogP contribution in [-0.2, 0) is 11.3 Å². The van der Waals surface area contributed by atoms with Crippen LogP contribution in [0.1, 0.15) is 32.1 Å². The monoisotopic (exact) mass is 420 g/mol. The van der Waals surface area contributed by atoms with E-state index in [-0.39, 0.29) is 31.0 Å². The minimum Gasteiger partial charge on any atom is -0.444 e. The molecule has 2 aliphatic rings. The van der Waals surface area contributed by atoms with Crippen molar-refractivity contribution in [1.29, 1.82) is 0 Å². The first-order valence-corrected chi connectivity index (χ1v) is 9.63. The average molecular weight is 421 g/mol. The fourth-order valence-electron chi connectivity index (χ4n) is 3.62. The fraction of sp³-hybridized carbons (Fsp3) is 0.706. The number of nitrogens with zero attached hydrogens (tertiary/aromatic N) is 3. The van der Waals surface area contributed by atoms with Gasteiger partial charge in [-0.2, -0.15) is 5.10 Å². The number of amides is 1. The Morgan fingerprint density at radius 1 is 1.46 bits per heavy atom. The quantitative estimate of drug-likeness (QED) is 0.753. The zero-order valence-corrected chi connectivity index (χ0v) is 16.0. The first-order valence-electron chi connectivity index (χ1n) is 9.25. The minimum atomic E-state index is -2.75. The number of hydrogen-bond acceptors (Lipinski definition) is 6. The summed E-state index contributed by atoms with van der Waals surface area (Å²) in [6.45, 7) is 0.638. The van der Waals surface area contributed by atoms with Crippen molar-refractivity contribution in [3.05, 3.63) is 21.6 Å². The second-order valence-corrected chi connectivity index (χ2v) is 7.53. The molecule has 1 saturated carbocycles. The lowest BCUT2D eigenvalue weighted by atomic mass is 9.92. The third-order valence-corrected chi connectivity index (χ3v) is 5.36. The first kappa shape index (κ1) is 20.8. The molecule has 1 aromatic heterocycles. The van der Waals surface area contributed by atoms with Crippen LogP contribution >= 0.6 is 11.6 Å². The molecule has 2 heterocycles. The Kier molecular flexibility index (Phi) is 6.39. The van der Waals surface area contributed by atoms with Crippen molar-refractivity contribution >= 4 is 23.4 Å². The molecule has 0 radical (unpaired) electrons. The molecule has 1 saturated heterocycles. The highest BCUT2D eigenvalue weighted by atomic mass is 35.5. The lowest BCUT2D eigenvalue weighted by Gasteiger charge is -2.29. The SMILES string of the molecule is O=C(NC1CCCC(F)(F)C1)O[C@@H]1CCN(c2cnn(CCO)c(=O)c2Cl)C1. The Bertz CT molecular complexity index is 776. The van der Waals surface area contributed by atoms with E-state index in [0.29, 0.717) is 38.0 Å². The smallest absolute Gasteiger partial charge is 0.407 e. The highest BCUT2D eigenvalue weighted by Crippen LogP contribution is 2.33. The van der Waals surface area contributed by atoms with Crippen LogP contribution in [0, 0.1) is 0 Å². The van der Waals surface area contributed by atoms with Gasteiger partial charge in [0.2, 0.25) is 5.92 Å². The largest absolute Gasteiger partial charge is 0.444 e. The van der Waals surface area contributed by atoms with Gasteiger partial charge in [0.25, 0.3) is 5.56 Å². The zero-order valence-electron chi connectivity index (χ0n) is 15.2. The number of rotatable bonds is 5. The highest BCUT2D eigenvalue weighted by molar-refractivity contribution is 6.33. The molecule has 1 aromatic rings. The number of nitrogens with one attached hydrogen (secondary N) is 1. The summed E-state index contributed by atoms with van der Waals surface area (Å²) in [5.74, 6) is -2.75. The number of halogens is 3. The molecule has 2 atom stereocenters. The second kappa shape index (κ2) is 8.60. The van der Waals surface area contributed by atoms with Crippen LogP contribution in [0.4, 0.5) is 19.3 Å². The van der Waals surface area contributed by atoms with Crippen molar-refractivity contribution in [1.82, 2.24) is 15.1 Å². The molecule has 1 aliphatic heterocycles. The standard InChI is InChI=1S/C17H23ClF2N4O4/c18-14-13(9-21-24(6-7-25)15(14)26)23-5-3-12(10-23)28-16(27)22-11-2-1-4-17(19,20)8-11/h9,11-12,25H,1-8,10H2,(H,22,27)/t11?,12-/m1/s1. The molecule has 0 aromatic carbocycles. The molecule has 156 valence electrons. The lowest BCUT2D eigenvalue weighted by Crippen LogP contribution is -2.43. The minimum absolute atomic E-state index is 0.0158. The van der Waals surface area contributed by atoms with Crippen LogP contribution in [0.25, 0.3) is 0 Å². The van der Waals surface area contributed by atoms with Crippen LogP contribution < -0.4 is 15.8 Å². The maximum absolute atomic E-state index is 13.4. The maximum atomic E-state index is 13.4. The Balaban J connectivity index is 1.55. The van der Waals surface area contributed by atoms with Crippen molar-refractivity contribution < 1.29 is 23.4 Å². The zero-order chi connectivity index (χ0) is 20.3. The summed E-state index contributed by atoms with van der Waals surface area (Å²) in [7, 11) is 0. The number of alkyl halides is 2. The van der Waals surface area contributed by atoms with Crippen molar-refractivity contribution in [2.24, 2.45) is 0 Å². The molecule has 0 spiro atoms. The van der Waals surface area contributed by atoms with E-state index < -0.39 is 29.7 Å². The fourth-order valence-corrected chi connectivity index (χ4v) is 3.89. The third-order valence-electron chi connectivity index (χ3n) is 5.00. The topological polar surface area (TPSA) is 96.7 Å². The molecule has 2 N–H and O–H groups in total. The lowest BCUT2D eigenvalue weighted by molar-refractivity contribution is -0.0439. The Labute approximate surface area is 165 Å². The number of aliphatic hydroxyl groups excluding tert-OH is 1. The summed E-state index contributed by atoms with van der Waals surface area (Å²) < 4.78 is 33.3. The normalized spacial score (nSPS) is 24.2. The Morgan fingerprint density at radius 3 is 2.96 bits per heavy atom. The second-order valence-electron chi connectivity index (χ2n) is 7.15. The van der Waals surface area contributed by atoms with Gasteiger partial charge in [0, 0.05) is 31.8 Å². The van der Waals surface area contributed by atoms with Crippen LogP contribution in [0.5, 0.6) is 0 Å². The van der Waals surface area contributed by atoms with Crippen LogP contribution in [0.15, 0.2) is 11.0 Å². The first-order chi connectivity index (χ1) is 13.3. The van der Waals surface area contributed by atoms with E-state index in [4.69, 9.17) is 21.4 Å². The average Bonchev–Trinajstić information content (AvgIpc) is 3.06. The van der Waals surface area contributed by atoms with Gasteiger partial charge in [-0.05, 0) is 12.8 Å². The van der Waals surface area contributed by atoms with E-state index in [9.17, 15) is 18.4 Å². The summed E-state index contributed by atoms with van der Waals surface area (Å²) >= 11 is 6.14. The van der Waals surface area contributed by atoms with Gasteiger partial charge in [-0.25, -0.2) is 18.3 Å². The molecule has 1 aliphatic carbocycles. The van der Waals surface area contributed by atoms with E-state index in [1.165, 1.54) is 6.20 Å². The number of carbonyl (C=O) groups excluding carboxylic acids is 1. The third kappa shape index (κ3) is 4.91. The number of aliphatic hydroxyl groups is 1. The number of aromatic nitrogens is 2. The number of ether oxygens (including phenoxy) is 1. The van der Waals surface area contributed by atoms with Crippen LogP contribution in [0.2, 0.25) is 5.02 Å². The molecule has 1 amide bonds. The predicted octanol–water partition coefficient (Wildman–Crippen LogP) is 1.77. The predicted molar refractivity (Wildman–Crippen MR) is 98.0 cm³/mol. The molecule has 8 nitrogen and oxygen atoms in total. The summed E-state index contributed by atoms with van der Waals surface area (Å²) in [4.78, 5) is 26.0. The molecule has 11 heteroatoms. The summed E-state index contributed by atoms with van der Waals surface area (Å²) in [5, 5.41) is 15.4. The van der Waals surface area contributed by atoms with Gasteiger partial charge < -0.3 is 20.1 Å². The van der Waals surface area contributed by atoms with Gasteiger partial charge in [0.05, 0.1) is 31.6 Å². The van der Waals surface area contributed by atoms with Gasteiger partial charge in [-0.3, -0.25) is 4.79 Å². The van der Waals surface area contributed by atoms with Crippen molar-refractivity contribution in [3.63, 3.8) is 0 Å². The molecule has 2 fully saturated rings. The molecular weight excluding hydrogens is 398 g/mol. The molecule has 28 heavy (non-hydrogen) atoms. The van der Waals surface area contributed by atoms with Crippen LogP contribution in [-0.4, -0.2) is 58.7 Å². The molecule has 3 rings (SSSR count). The summed E-state index contributed by atoms with van der Waals surface area (Å²) in [5.41, 5.74) is -0.0761. The van der Waals surface area contributed by atoms with Gasteiger partial charge in [0.15, 0.2) is 0 Å². The van der Waals surface area contributed by atoms with Gasteiger partial charge >= 0.3 is 6.09 Å². The van der Waals surface area contributed by atoms with E-state index >= 15 is 0 Å². The Morgan fingerprint density at radius 2 is 2.25 bits per heavy atom. The van der Waals surface area contributed by atoms with Gasteiger partial charge in [0.1, 0.15) is 11.1 Å². The number of alkyl carbamates (subject to hydrolysis) is 1. The number of carbonyl (C=O) groups is 1. The van der Waals surface area contributed by atoms with E-state index in [2.05, 4.69) is 10.4 Å². The molecule has 1 unspecified atom stereocenters. The van der Waals surface area contributed by atoms with Crippen molar-refractivity contribution in [3.8, 4) is 0 Å². The van der Waals surface area contributed by atoms with Crippen molar-refractivity contribution in [2.75, 3.05) is 24.6 Å². The molecular formula is C17H23ClF2N4O4. The Hall–Kier alpha value is -1.94. The van der Waals surface area contributed by atoms with Crippen LogP contribution in [0.3, 0.4) is 0 Å². The molecule has 0 bridgehead atoms. The summed E-state index contributed by atoms with van der Waals surface area (Å²) in [6, 6.07) is -0.591. The number of anilines is 1. The number of hydrogen-bond donors (Lipinski definition) is 2.